The van der Waals surface area contributed by atoms with E-state index >= 15 is 0 Å². The first-order valence-corrected chi connectivity index (χ1v) is 11.3. The zero-order valence-electron chi connectivity index (χ0n) is 17.3. The van der Waals surface area contributed by atoms with Crippen molar-refractivity contribution in [2.75, 3.05) is 0 Å². The lowest BCUT2D eigenvalue weighted by Crippen LogP contribution is -1.99. The standard InChI is InChI=1S/C24H42S/c1-5-7-12-20(3)14-9-16-22-18-11-19-23(24(22)25)17-10-15-21(4)13-8-6-2/h11,18-21,25H,5-10,12-17H2,1-4H3. The molecule has 2 atom stereocenters. The molecule has 0 heterocycles. The highest BCUT2D eigenvalue weighted by atomic mass is 32.1. The second kappa shape index (κ2) is 13.7. The van der Waals surface area contributed by atoms with E-state index in [0.29, 0.717) is 0 Å². The van der Waals surface area contributed by atoms with Gasteiger partial charge in [-0.3, -0.25) is 0 Å². The van der Waals surface area contributed by atoms with Crippen LogP contribution in [0.1, 0.15) is 103 Å². The summed E-state index contributed by atoms with van der Waals surface area (Å²) >= 11 is 4.87. The van der Waals surface area contributed by atoms with Crippen LogP contribution in [-0.4, -0.2) is 0 Å². The van der Waals surface area contributed by atoms with Crippen LogP contribution in [0, 0.1) is 11.8 Å². The second-order valence-corrected chi connectivity index (χ2v) is 8.65. The Hall–Kier alpha value is -0.430. The van der Waals surface area contributed by atoms with Gasteiger partial charge in [-0.25, -0.2) is 0 Å². The van der Waals surface area contributed by atoms with E-state index in [1.165, 1.54) is 93.1 Å². The van der Waals surface area contributed by atoms with Gasteiger partial charge in [-0.15, -0.1) is 12.6 Å². The van der Waals surface area contributed by atoms with E-state index in [-0.39, 0.29) is 0 Å². The molecule has 2 unspecified atom stereocenters. The highest BCUT2D eigenvalue weighted by molar-refractivity contribution is 7.80. The minimum absolute atomic E-state index is 0.871. The highest BCUT2D eigenvalue weighted by Crippen LogP contribution is 2.25. The molecule has 0 aliphatic carbocycles. The topological polar surface area (TPSA) is 0 Å². The van der Waals surface area contributed by atoms with Crippen molar-refractivity contribution in [1.82, 2.24) is 0 Å². The van der Waals surface area contributed by atoms with E-state index in [0.717, 1.165) is 11.8 Å². The van der Waals surface area contributed by atoms with Crippen LogP contribution in [0.5, 0.6) is 0 Å². The van der Waals surface area contributed by atoms with Gasteiger partial charge in [-0.1, -0.05) is 97.3 Å². The Morgan fingerprint density at radius 2 is 1.12 bits per heavy atom. The molecule has 1 heteroatoms. The van der Waals surface area contributed by atoms with Crippen LogP contribution in [0.25, 0.3) is 0 Å². The maximum Gasteiger partial charge on any atom is 0.0104 e. The van der Waals surface area contributed by atoms with Crippen molar-refractivity contribution in [3.8, 4) is 0 Å². The van der Waals surface area contributed by atoms with Crippen molar-refractivity contribution < 1.29 is 0 Å². The lowest BCUT2D eigenvalue weighted by atomic mass is 9.94. The van der Waals surface area contributed by atoms with Gasteiger partial charge in [-0.2, -0.15) is 0 Å². The van der Waals surface area contributed by atoms with E-state index in [1.807, 2.05) is 0 Å². The molecule has 0 aliphatic rings. The third-order valence-electron chi connectivity index (χ3n) is 5.59. The molecule has 0 amide bonds. The Kier molecular flexibility index (Phi) is 12.4. The van der Waals surface area contributed by atoms with E-state index < -0.39 is 0 Å². The van der Waals surface area contributed by atoms with E-state index in [9.17, 15) is 0 Å². The number of aryl methyl sites for hydroxylation is 2. The quantitative estimate of drug-likeness (QED) is 0.316. The van der Waals surface area contributed by atoms with Gasteiger partial charge in [0.2, 0.25) is 0 Å². The SMILES string of the molecule is CCCCC(C)CCCc1cccc(CCCC(C)CCCC)c1S. The number of thiol groups is 1. The monoisotopic (exact) mass is 362 g/mol. The molecule has 144 valence electrons. The van der Waals surface area contributed by atoms with Crippen LogP contribution in [0.15, 0.2) is 23.1 Å². The Morgan fingerprint density at radius 1 is 0.720 bits per heavy atom. The number of hydrogen-bond acceptors (Lipinski definition) is 1. The number of hydrogen-bond donors (Lipinski definition) is 1. The van der Waals surface area contributed by atoms with Crippen LogP contribution in [-0.2, 0) is 12.8 Å². The van der Waals surface area contributed by atoms with Gasteiger partial charge in [0.25, 0.3) is 0 Å². The van der Waals surface area contributed by atoms with Gasteiger partial charge in [-0.05, 0) is 48.6 Å². The average Bonchev–Trinajstić information content (AvgIpc) is 2.61. The number of benzene rings is 1. The molecule has 0 nitrogen and oxygen atoms in total. The summed E-state index contributed by atoms with van der Waals surface area (Å²) in [7, 11) is 0. The van der Waals surface area contributed by atoms with Crippen molar-refractivity contribution in [3.63, 3.8) is 0 Å². The molecule has 1 aromatic carbocycles. The van der Waals surface area contributed by atoms with Gasteiger partial charge in [0.05, 0.1) is 0 Å². The van der Waals surface area contributed by atoms with Crippen LogP contribution in [0.4, 0.5) is 0 Å². The summed E-state index contributed by atoms with van der Waals surface area (Å²) < 4.78 is 0. The predicted octanol–water partition coefficient (Wildman–Crippen LogP) is 8.27. The first-order chi connectivity index (χ1) is 12.1. The molecule has 25 heavy (non-hydrogen) atoms. The Labute approximate surface area is 163 Å². The first-order valence-electron chi connectivity index (χ1n) is 10.9. The molecule has 0 aliphatic heterocycles. The predicted molar refractivity (Wildman–Crippen MR) is 117 cm³/mol. The fourth-order valence-corrected chi connectivity index (χ4v) is 4.10. The summed E-state index contributed by atoms with van der Waals surface area (Å²) in [4.78, 5) is 1.27. The number of rotatable bonds is 14. The molecule has 0 N–H and O–H groups in total. The molecule has 0 fully saturated rings. The van der Waals surface area contributed by atoms with Crippen LogP contribution < -0.4 is 0 Å². The van der Waals surface area contributed by atoms with Crippen LogP contribution in [0.3, 0.4) is 0 Å². The minimum Gasteiger partial charge on any atom is -0.143 e. The van der Waals surface area contributed by atoms with E-state index in [4.69, 9.17) is 12.6 Å². The van der Waals surface area contributed by atoms with Gasteiger partial charge in [0.15, 0.2) is 0 Å². The fourth-order valence-electron chi connectivity index (χ4n) is 3.72. The summed E-state index contributed by atoms with van der Waals surface area (Å²) in [6, 6.07) is 6.81. The fraction of sp³-hybridized carbons (Fsp3) is 0.750. The van der Waals surface area contributed by atoms with Gasteiger partial charge in [0, 0.05) is 4.90 Å². The molecule has 1 rings (SSSR count). The highest BCUT2D eigenvalue weighted by Gasteiger charge is 2.08. The van der Waals surface area contributed by atoms with Crippen molar-refractivity contribution in [3.05, 3.63) is 29.3 Å². The van der Waals surface area contributed by atoms with Crippen molar-refractivity contribution in [2.24, 2.45) is 11.8 Å². The average molecular weight is 363 g/mol. The van der Waals surface area contributed by atoms with Gasteiger partial charge >= 0.3 is 0 Å². The molecular formula is C24H42S. The summed E-state index contributed by atoms with van der Waals surface area (Å²) in [6.45, 7) is 9.40. The summed E-state index contributed by atoms with van der Waals surface area (Å²) in [5.41, 5.74) is 2.92. The zero-order valence-corrected chi connectivity index (χ0v) is 18.2. The molecule has 0 aromatic heterocycles. The Bertz CT molecular complexity index is 413. The maximum absolute atomic E-state index is 4.87. The smallest absolute Gasteiger partial charge is 0.0104 e. The molecule has 0 spiro atoms. The largest absolute Gasteiger partial charge is 0.143 e. The summed E-state index contributed by atoms with van der Waals surface area (Å²) in [6.07, 6.45) is 15.9. The lowest BCUT2D eigenvalue weighted by molar-refractivity contribution is 0.454. The minimum atomic E-state index is 0.871. The molecule has 0 bridgehead atoms. The maximum atomic E-state index is 4.87. The molecule has 0 radical (unpaired) electrons. The normalized spacial score (nSPS) is 13.8. The second-order valence-electron chi connectivity index (χ2n) is 8.20. The lowest BCUT2D eigenvalue weighted by Gasteiger charge is -2.14. The van der Waals surface area contributed by atoms with E-state index in [1.54, 1.807) is 0 Å². The van der Waals surface area contributed by atoms with Crippen molar-refractivity contribution >= 4 is 12.6 Å². The van der Waals surface area contributed by atoms with E-state index in [2.05, 4.69) is 45.9 Å². The number of unbranched alkanes of at least 4 members (excludes halogenated alkanes) is 2. The Balaban J connectivity index is 2.39. The van der Waals surface area contributed by atoms with Gasteiger partial charge < -0.3 is 0 Å². The van der Waals surface area contributed by atoms with Crippen molar-refractivity contribution in [1.29, 1.82) is 0 Å². The molecule has 0 saturated carbocycles. The summed E-state index contributed by atoms with van der Waals surface area (Å²) in [5, 5.41) is 0. The molecular weight excluding hydrogens is 320 g/mol. The third-order valence-corrected chi connectivity index (χ3v) is 6.16. The van der Waals surface area contributed by atoms with Crippen molar-refractivity contribution in [2.45, 2.75) is 110 Å². The first kappa shape index (κ1) is 22.6. The zero-order chi connectivity index (χ0) is 18.5. The van der Waals surface area contributed by atoms with Crippen LogP contribution in [0.2, 0.25) is 0 Å². The van der Waals surface area contributed by atoms with Gasteiger partial charge in [0.1, 0.15) is 0 Å². The molecule has 0 saturated heterocycles. The summed E-state index contributed by atoms with van der Waals surface area (Å²) in [5.74, 6) is 1.74. The molecule has 1 aromatic rings. The third kappa shape index (κ3) is 9.73. The Morgan fingerprint density at radius 3 is 1.52 bits per heavy atom. The van der Waals surface area contributed by atoms with Crippen LogP contribution >= 0.6 is 12.6 Å².